The number of amides is 1. The molecule has 2 rings (SSSR count). The van der Waals surface area contributed by atoms with Crippen molar-refractivity contribution in [3.63, 3.8) is 0 Å². The third-order valence-electron chi connectivity index (χ3n) is 3.37. The number of thioether (sulfide) groups is 1. The molecule has 96 valence electrons. The Kier molecular flexibility index (Phi) is 4.71. The maximum absolute atomic E-state index is 11.3. The van der Waals surface area contributed by atoms with Crippen LogP contribution in [0.2, 0.25) is 0 Å². The molecule has 1 aliphatic carbocycles. The van der Waals surface area contributed by atoms with E-state index in [0.717, 1.165) is 11.1 Å². The minimum atomic E-state index is 0.0939. The second kappa shape index (κ2) is 6.28. The third kappa shape index (κ3) is 3.63. The van der Waals surface area contributed by atoms with E-state index in [-0.39, 0.29) is 5.91 Å². The molecule has 1 saturated heterocycles. The van der Waals surface area contributed by atoms with Crippen LogP contribution in [0.1, 0.15) is 32.6 Å². The van der Waals surface area contributed by atoms with E-state index in [4.69, 9.17) is 0 Å². The van der Waals surface area contributed by atoms with Gasteiger partial charge in [-0.3, -0.25) is 9.79 Å². The van der Waals surface area contributed by atoms with Gasteiger partial charge in [-0.1, -0.05) is 18.2 Å². The molecule has 5 heteroatoms. The van der Waals surface area contributed by atoms with Gasteiger partial charge in [0.2, 0.25) is 5.91 Å². The summed E-state index contributed by atoms with van der Waals surface area (Å²) in [4.78, 5) is 15.7. The van der Waals surface area contributed by atoms with Crippen molar-refractivity contribution >= 4 is 22.8 Å². The predicted octanol–water partition coefficient (Wildman–Crippen LogP) is 1.37. The topological polar surface area (TPSA) is 53.5 Å². The fourth-order valence-electron chi connectivity index (χ4n) is 2.45. The van der Waals surface area contributed by atoms with E-state index in [1.807, 2.05) is 18.7 Å². The van der Waals surface area contributed by atoms with E-state index in [1.54, 1.807) is 0 Å². The van der Waals surface area contributed by atoms with Gasteiger partial charge < -0.3 is 10.6 Å². The smallest absolute Gasteiger partial charge is 0.221 e. The lowest BCUT2D eigenvalue weighted by atomic mass is 10.1. The number of hydrogen-bond donors (Lipinski definition) is 2. The molecule has 1 amide bonds. The number of carbonyl (C=O) groups is 1. The molecule has 17 heavy (non-hydrogen) atoms. The zero-order valence-electron chi connectivity index (χ0n) is 10.4. The summed E-state index contributed by atoms with van der Waals surface area (Å²) in [6.45, 7) is 3.23. The van der Waals surface area contributed by atoms with Crippen molar-refractivity contribution in [2.45, 2.75) is 38.6 Å². The molecular formula is C12H21N3OS. The molecule has 0 spiro atoms. The second-order valence-corrected chi connectivity index (χ2v) is 5.65. The quantitative estimate of drug-likeness (QED) is 0.798. The summed E-state index contributed by atoms with van der Waals surface area (Å²) in [5.74, 6) is 2.12. The van der Waals surface area contributed by atoms with Gasteiger partial charge >= 0.3 is 0 Å². The number of rotatable bonds is 4. The predicted molar refractivity (Wildman–Crippen MR) is 72.3 cm³/mol. The van der Waals surface area contributed by atoms with Crippen LogP contribution < -0.4 is 10.6 Å². The molecule has 0 aromatic heterocycles. The molecule has 2 N–H and O–H groups in total. The highest BCUT2D eigenvalue weighted by Crippen LogP contribution is 2.32. The summed E-state index contributed by atoms with van der Waals surface area (Å²) in [5.41, 5.74) is 0. The number of hydrogen-bond acceptors (Lipinski definition) is 3. The zero-order chi connectivity index (χ0) is 12.1. The molecular weight excluding hydrogens is 234 g/mol. The summed E-state index contributed by atoms with van der Waals surface area (Å²) >= 11 is 1.81. The van der Waals surface area contributed by atoms with E-state index in [0.29, 0.717) is 25.6 Å². The molecule has 0 aromatic carbocycles. The fraction of sp³-hybridized carbons (Fsp3) is 0.833. The first-order valence-corrected chi connectivity index (χ1v) is 7.48. The Balaban J connectivity index is 1.73. The number of nitrogens with one attached hydrogen (secondary N) is 2. The summed E-state index contributed by atoms with van der Waals surface area (Å²) in [6.07, 6.45) is 4.47. The van der Waals surface area contributed by atoms with Crippen LogP contribution >= 0.6 is 11.8 Å². The maximum Gasteiger partial charge on any atom is 0.221 e. The number of nitrogens with zero attached hydrogens (tertiary/aromatic N) is 1. The van der Waals surface area contributed by atoms with Crippen LogP contribution in [0.25, 0.3) is 0 Å². The molecule has 2 aliphatic rings. The Morgan fingerprint density at radius 2 is 2.47 bits per heavy atom. The number of carbonyl (C=O) groups excluding carboxylic acids is 1. The van der Waals surface area contributed by atoms with Crippen molar-refractivity contribution in [1.29, 1.82) is 0 Å². The second-order valence-electron chi connectivity index (χ2n) is 4.64. The standard InChI is InChI=1S/C12H21N3OS/c1-2-13-11(16)6-7-14-12-15-10-5-3-4-9(10)8-17-12/h9-10H,2-8H2,1H3,(H,13,16)(H,14,15). The lowest BCUT2D eigenvalue weighted by Gasteiger charge is -2.28. The van der Waals surface area contributed by atoms with Gasteiger partial charge in [0, 0.05) is 24.8 Å². The third-order valence-corrected chi connectivity index (χ3v) is 4.49. The summed E-state index contributed by atoms with van der Waals surface area (Å²) in [5, 5.41) is 7.33. The Morgan fingerprint density at radius 1 is 1.59 bits per heavy atom. The molecule has 1 saturated carbocycles. The molecule has 0 bridgehead atoms. The number of amidine groups is 1. The first-order chi connectivity index (χ1) is 8.29. The lowest BCUT2D eigenvalue weighted by Crippen LogP contribution is -2.41. The van der Waals surface area contributed by atoms with E-state index >= 15 is 0 Å². The van der Waals surface area contributed by atoms with Crippen LogP contribution in [-0.2, 0) is 4.79 Å². The van der Waals surface area contributed by atoms with E-state index in [9.17, 15) is 4.79 Å². The van der Waals surface area contributed by atoms with E-state index < -0.39 is 0 Å². The Morgan fingerprint density at radius 3 is 3.29 bits per heavy atom. The van der Waals surface area contributed by atoms with Crippen LogP contribution in [0.5, 0.6) is 0 Å². The molecule has 1 heterocycles. The minimum absolute atomic E-state index is 0.0939. The minimum Gasteiger partial charge on any atom is -0.362 e. The van der Waals surface area contributed by atoms with Crippen molar-refractivity contribution in [1.82, 2.24) is 10.6 Å². The van der Waals surface area contributed by atoms with Crippen molar-refractivity contribution in [3.8, 4) is 0 Å². The highest BCUT2D eigenvalue weighted by atomic mass is 32.2. The summed E-state index contributed by atoms with van der Waals surface area (Å²) in [7, 11) is 0. The van der Waals surface area contributed by atoms with Crippen molar-refractivity contribution < 1.29 is 4.79 Å². The van der Waals surface area contributed by atoms with Gasteiger partial charge in [-0.25, -0.2) is 0 Å². The Labute approximate surface area is 107 Å². The zero-order valence-corrected chi connectivity index (χ0v) is 11.2. The molecule has 2 unspecified atom stereocenters. The molecule has 1 aliphatic heterocycles. The highest BCUT2D eigenvalue weighted by Gasteiger charge is 2.31. The van der Waals surface area contributed by atoms with Crippen molar-refractivity contribution in [2.24, 2.45) is 10.9 Å². The van der Waals surface area contributed by atoms with Gasteiger partial charge in [0.25, 0.3) is 0 Å². The van der Waals surface area contributed by atoms with Crippen molar-refractivity contribution in [2.75, 3.05) is 18.8 Å². The highest BCUT2D eigenvalue weighted by molar-refractivity contribution is 8.13. The summed E-state index contributed by atoms with van der Waals surface area (Å²) < 4.78 is 0. The molecule has 4 nitrogen and oxygen atoms in total. The Bertz CT molecular complexity index is 306. The first-order valence-electron chi connectivity index (χ1n) is 6.50. The van der Waals surface area contributed by atoms with Gasteiger partial charge in [-0.2, -0.15) is 0 Å². The maximum atomic E-state index is 11.3. The SMILES string of the molecule is CCNC(=O)CCN=C1NC2CCCC2CS1. The molecule has 2 fully saturated rings. The molecule has 2 atom stereocenters. The van der Waals surface area contributed by atoms with Crippen LogP contribution in [0, 0.1) is 5.92 Å². The average Bonchev–Trinajstić information content (AvgIpc) is 2.76. The first kappa shape index (κ1) is 12.7. The normalized spacial score (nSPS) is 29.8. The monoisotopic (exact) mass is 255 g/mol. The summed E-state index contributed by atoms with van der Waals surface area (Å²) in [6, 6.07) is 0.638. The van der Waals surface area contributed by atoms with Crippen LogP contribution in [0.3, 0.4) is 0 Å². The molecule has 0 aromatic rings. The van der Waals surface area contributed by atoms with Gasteiger partial charge in [0.1, 0.15) is 0 Å². The Hall–Kier alpha value is -0.710. The van der Waals surface area contributed by atoms with E-state index in [2.05, 4.69) is 15.6 Å². The van der Waals surface area contributed by atoms with Gasteiger partial charge in [-0.05, 0) is 25.7 Å². The molecule has 0 radical (unpaired) electrons. The van der Waals surface area contributed by atoms with Gasteiger partial charge in [0.05, 0.1) is 6.54 Å². The lowest BCUT2D eigenvalue weighted by molar-refractivity contribution is -0.120. The fourth-order valence-corrected chi connectivity index (χ4v) is 3.64. The van der Waals surface area contributed by atoms with Crippen LogP contribution in [0.4, 0.5) is 0 Å². The van der Waals surface area contributed by atoms with E-state index in [1.165, 1.54) is 25.0 Å². The van der Waals surface area contributed by atoms with Crippen LogP contribution in [0.15, 0.2) is 4.99 Å². The number of fused-ring (bicyclic) bond motifs is 1. The van der Waals surface area contributed by atoms with Crippen molar-refractivity contribution in [3.05, 3.63) is 0 Å². The average molecular weight is 255 g/mol. The number of aliphatic imine (C=N–C) groups is 1. The van der Waals surface area contributed by atoms with Crippen LogP contribution in [-0.4, -0.2) is 36.0 Å². The largest absolute Gasteiger partial charge is 0.362 e. The van der Waals surface area contributed by atoms with Gasteiger partial charge in [0.15, 0.2) is 5.17 Å². The van der Waals surface area contributed by atoms with Gasteiger partial charge in [-0.15, -0.1) is 0 Å².